The van der Waals surface area contributed by atoms with Crippen LogP contribution in [0.1, 0.15) is 23.4 Å². The molecule has 1 heterocycles. The largest absolute Gasteiger partial charge is 0.433 e. The predicted molar refractivity (Wildman–Crippen MR) is 55.4 cm³/mol. The lowest BCUT2D eigenvalue weighted by molar-refractivity contribution is -0.141. The lowest BCUT2D eigenvalue weighted by Crippen LogP contribution is -2.11. The fourth-order valence-corrected chi connectivity index (χ4v) is 1.46. The number of halogens is 3. The zero-order chi connectivity index (χ0) is 12.9. The van der Waals surface area contributed by atoms with Crippen molar-refractivity contribution in [1.82, 2.24) is 4.98 Å². The minimum Gasteiger partial charge on any atom is -0.390 e. The van der Waals surface area contributed by atoms with Gasteiger partial charge in [0, 0.05) is 13.7 Å². The number of nitrogens with zero attached hydrogens (tertiary/aromatic N) is 1. The molecular formula is C11H14F3NO2. The number of hydrogen-bond donors (Lipinski definition) is 1. The lowest BCUT2D eigenvalue weighted by atomic mass is 10.1. The van der Waals surface area contributed by atoms with Crippen LogP contribution in [0.5, 0.6) is 0 Å². The van der Waals surface area contributed by atoms with Gasteiger partial charge >= 0.3 is 6.18 Å². The van der Waals surface area contributed by atoms with Gasteiger partial charge in [0.25, 0.3) is 0 Å². The maximum atomic E-state index is 12.4. The molecule has 0 radical (unpaired) electrons. The van der Waals surface area contributed by atoms with Gasteiger partial charge in [-0.1, -0.05) is 6.07 Å². The first-order chi connectivity index (χ1) is 7.99. The van der Waals surface area contributed by atoms with Crippen molar-refractivity contribution in [3.8, 4) is 0 Å². The van der Waals surface area contributed by atoms with Crippen molar-refractivity contribution in [3.63, 3.8) is 0 Å². The van der Waals surface area contributed by atoms with Gasteiger partial charge in [0.05, 0.1) is 12.3 Å². The minimum atomic E-state index is -4.48. The Balaban J connectivity index is 2.86. The number of aliphatic hydroxyl groups is 1. The first kappa shape index (κ1) is 13.9. The van der Waals surface area contributed by atoms with Crippen molar-refractivity contribution in [2.24, 2.45) is 0 Å². The van der Waals surface area contributed by atoms with Crippen molar-refractivity contribution in [2.75, 3.05) is 13.7 Å². The quantitative estimate of drug-likeness (QED) is 0.813. The van der Waals surface area contributed by atoms with E-state index in [4.69, 9.17) is 9.84 Å². The fourth-order valence-electron chi connectivity index (χ4n) is 1.46. The molecular weight excluding hydrogens is 235 g/mol. The topological polar surface area (TPSA) is 42.4 Å². The highest BCUT2D eigenvalue weighted by Crippen LogP contribution is 2.28. The van der Waals surface area contributed by atoms with Gasteiger partial charge in [-0.05, 0) is 24.5 Å². The Morgan fingerprint density at radius 2 is 2.06 bits per heavy atom. The number of aliphatic hydroxyl groups excluding tert-OH is 1. The molecule has 1 aromatic heterocycles. The average Bonchev–Trinajstić information content (AvgIpc) is 2.28. The molecule has 0 spiro atoms. The van der Waals surface area contributed by atoms with Crippen LogP contribution < -0.4 is 0 Å². The maximum Gasteiger partial charge on any atom is 0.433 e. The van der Waals surface area contributed by atoms with Crippen LogP contribution in [0.2, 0.25) is 0 Å². The highest BCUT2D eigenvalue weighted by Gasteiger charge is 2.32. The first-order valence-corrected chi connectivity index (χ1v) is 5.15. The van der Waals surface area contributed by atoms with E-state index >= 15 is 0 Å². The summed E-state index contributed by atoms with van der Waals surface area (Å²) in [6, 6.07) is 2.29. The highest BCUT2D eigenvalue weighted by molar-refractivity contribution is 5.24. The molecule has 0 atom stereocenters. The van der Waals surface area contributed by atoms with Crippen LogP contribution in [0, 0.1) is 0 Å². The zero-order valence-electron chi connectivity index (χ0n) is 9.42. The summed E-state index contributed by atoms with van der Waals surface area (Å²) in [5.41, 5.74) is -0.273. The standard InChI is InChI=1S/C11H14F3NO2/c1-17-6-2-3-8-4-5-10(11(12,13)14)15-9(8)7-16/h4-5,16H,2-3,6-7H2,1H3. The Morgan fingerprint density at radius 3 is 2.59 bits per heavy atom. The molecule has 0 aliphatic heterocycles. The molecule has 0 saturated carbocycles. The second kappa shape index (κ2) is 5.97. The summed E-state index contributed by atoms with van der Waals surface area (Å²) in [5.74, 6) is 0. The number of ether oxygens (including phenoxy) is 1. The molecule has 0 aliphatic rings. The second-order valence-corrected chi connectivity index (χ2v) is 3.55. The van der Waals surface area contributed by atoms with E-state index in [0.717, 1.165) is 6.07 Å². The molecule has 0 saturated heterocycles. The number of rotatable bonds is 5. The molecule has 17 heavy (non-hydrogen) atoms. The van der Waals surface area contributed by atoms with Crippen LogP contribution in [-0.2, 0) is 23.9 Å². The Bertz CT molecular complexity index is 366. The molecule has 1 aromatic rings. The van der Waals surface area contributed by atoms with Crippen LogP contribution in [-0.4, -0.2) is 23.8 Å². The third-order valence-electron chi connectivity index (χ3n) is 2.30. The molecule has 0 unspecified atom stereocenters. The number of aromatic nitrogens is 1. The number of hydrogen-bond acceptors (Lipinski definition) is 3. The van der Waals surface area contributed by atoms with Crippen molar-refractivity contribution in [1.29, 1.82) is 0 Å². The lowest BCUT2D eigenvalue weighted by Gasteiger charge is -2.11. The number of pyridine rings is 1. The Labute approximate surface area is 97.2 Å². The third kappa shape index (κ3) is 3.98. The summed E-state index contributed by atoms with van der Waals surface area (Å²) in [4.78, 5) is 3.43. The van der Waals surface area contributed by atoms with E-state index in [1.807, 2.05) is 0 Å². The van der Waals surface area contributed by atoms with Gasteiger partial charge in [0.1, 0.15) is 5.69 Å². The van der Waals surface area contributed by atoms with Crippen LogP contribution in [0.3, 0.4) is 0 Å². The molecule has 0 amide bonds. The molecule has 0 fully saturated rings. The number of aryl methyl sites for hydroxylation is 1. The normalized spacial score (nSPS) is 11.8. The fraction of sp³-hybridized carbons (Fsp3) is 0.545. The van der Waals surface area contributed by atoms with E-state index < -0.39 is 18.5 Å². The Hall–Kier alpha value is -1.14. The van der Waals surface area contributed by atoms with Crippen LogP contribution in [0.4, 0.5) is 13.2 Å². The van der Waals surface area contributed by atoms with Crippen molar-refractivity contribution in [2.45, 2.75) is 25.6 Å². The van der Waals surface area contributed by atoms with E-state index in [-0.39, 0.29) is 5.69 Å². The molecule has 0 aliphatic carbocycles. The van der Waals surface area contributed by atoms with Crippen molar-refractivity contribution < 1.29 is 23.0 Å². The summed E-state index contributed by atoms with van der Waals surface area (Å²) in [7, 11) is 1.55. The van der Waals surface area contributed by atoms with Crippen LogP contribution in [0.15, 0.2) is 12.1 Å². The van der Waals surface area contributed by atoms with Crippen LogP contribution in [0.25, 0.3) is 0 Å². The van der Waals surface area contributed by atoms with Gasteiger partial charge in [0.15, 0.2) is 0 Å². The molecule has 3 nitrogen and oxygen atoms in total. The summed E-state index contributed by atoms with van der Waals surface area (Å²) < 4.78 is 42.0. The highest BCUT2D eigenvalue weighted by atomic mass is 19.4. The summed E-state index contributed by atoms with van der Waals surface area (Å²) in [6.45, 7) is 0.0259. The van der Waals surface area contributed by atoms with Crippen molar-refractivity contribution in [3.05, 3.63) is 29.1 Å². The Morgan fingerprint density at radius 1 is 1.35 bits per heavy atom. The summed E-state index contributed by atoms with van der Waals surface area (Å²) in [5, 5.41) is 9.00. The molecule has 96 valence electrons. The van der Waals surface area contributed by atoms with Gasteiger partial charge in [-0.2, -0.15) is 13.2 Å². The van der Waals surface area contributed by atoms with Gasteiger partial charge < -0.3 is 9.84 Å². The minimum absolute atomic E-state index is 0.0796. The number of alkyl halides is 3. The first-order valence-electron chi connectivity index (χ1n) is 5.15. The monoisotopic (exact) mass is 249 g/mol. The molecule has 1 N–H and O–H groups in total. The summed E-state index contributed by atoms with van der Waals surface area (Å²) in [6.07, 6.45) is -3.26. The van der Waals surface area contributed by atoms with E-state index in [0.29, 0.717) is 25.0 Å². The van der Waals surface area contributed by atoms with Gasteiger partial charge in [-0.15, -0.1) is 0 Å². The molecule has 6 heteroatoms. The molecule has 0 aromatic carbocycles. The number of methoxy groups -OCH3 is 1. The SMILES string of the molecule is COCCCc1ccc(C(F)(F)F)nc1CO. The van der Waals surface area contributed by atoms with Gasteiger partial charge in [-0.25, -0.2) is 4.98 Å². The van der Waals surface area contributed by atoms with Gasteiger partial charge in [-0.3, -0.25) is 0 Å². The summed E-state index contributed by atoms with van der Waals surface area (Å²) >= 11 is 0. The third-order valence-corrected chi connectivity index (χ3v) is 2.30. The molecule has 1 rings (SSSR count). The van der Waals surface area contributed by atoms with Gasteiger partial charge in [0.2, 0.25) is 0 Å². The zero-order valence-corrected chi connectivity index (χ0v) is 9.42. The van der Waals surface area contributed by atoms with Crippen LogP contribution >= 0.6 is 0 Å². The van der Waals surface area contributed by atoms with E-state index in [2.05, 4.69) is 4.98 Å². The van der Waals surface area contributed by atoms with E-state index in [1.54, 1.807) is 7.11 Å². The Kier molecular flexibility index (Phi) is 4.89. The second-order valence-electron chi connectivity index (χ2n) is 3.55. The smallest absolute Gasteiger partial charge is 0.390 e. The molecule has 0 bridgehead atoms. The average molecular weight is 249 g/mol. The van der Waals surface area contributed by atoms with E-state index in [1.165, 1.54) is 6.07 Å². The predicted octanol–water partition coefficient (Wildman–Crippen LogP) is 2.17. The van der Waals surface area contributed by atoms with Crippen molar-refractivity contribution >= 4 is 0 Å². The van der Waals surface area contributed by atoms with E-state index in [9.17, 15) is 13.2 Å². The maximum absolute atomic E-state index is 12.4.